The lowest BCUT2D eigenvalue weighted by Crippen LogP contribution is -2.53. The van der Waals surface area contributed by atoms with Crippen molar-refractivity contribution in [3.8, 4) is 0 Å². The molecule has 1 aliphatic carbocycles. The molecule has 2 unspecified atom stereocenters. The Kier molecular flexibility index (Phi) is 3.91. The summed E-state index contributed by atoms with van der Waals surface area (Å²) in [6.07, 6.45) is 2.53. The molecule has 2 atom stereocenters. The number of nitrogens with one attached hydrogen (secondary N) is 2. The molecule has 1 aliphatic rings. The number of aromatic amines is 1. The lowest BCUT2D eigenvalue weighted by molar-refractivity contribution is -0.124. The summed E-state index contributed by atoms with van der Waals surface area (Å²) in [5, 5.41) is 4.55. The molecule has 1 amide bonds. The molecule has 2 aromatic rings. The van der Waals surface area contributed by atoms with E-state index in [1.165, 1.54) is 0 Å². The van der Waals surface area contributed by atoms with Crippen LogP contribution in [0.15, 0.2) is 29.4 Å². The van der Waals surface area contributed by atoms with Gasteiger partial charge in [-0.3, -0.25) is 4.79 Å². The van der Waals surface area contributed by atoms with Crippen molar-refractivity contribution in [1.29, 1.82) is 0 Å². The summed E-state index contributed by atoms with van der Waals surface area (Å²) in [5.41, 5.74) is 7.08. The van der Waals surface area contributed by atoms with E-state index in [9.17, 15) is 4.79 Å². The van der Waals surface area contributed by atoms with Crippen LogP contribution in [0.4, 0.5) is 0 Å². The van der Waals surface area contributed by atoms with Gasteiger partial charge in [-0.25, -0.2) is 4.98 Å². The van der Waals surface area contributed by atoms with Gasteiger partial charge in [0.2, 0.25) is 5.91 Å². The maximum Gasteiger partial charge on any atom is 0.237 e. The molecule has 4 N–H and O–H groups in total. The van der Waals surface area contributed by atoms with Crippen molar-refractivity contribution in [2.75, 3.05) is 6.54 Å². The number of primary amides is 1. The summed E-state index contributed by atoms with van der Waals surface area (Å²) in [6, 6.07) is 7.99. The Labute approximate surface area is 128 Å². The molecule has 0 bridgehead atoms. The van der Waals surface area contributed by atoms with E-state index in [-0.39, 0.29) is 5.91 Å². The van der Waals surface area contributed by atoms with E-state index in [0.717, 1.165) is 42.0 Å². The Morgan fingerprint density at radius 1 is 1.57 bits per heavy atom. The highest BCUT2D eigenvalue weighted by molar-refractivity contribution is 7.99. The number of imidazole rings is 1. The first-order valence-corrected chi connectivity index (χ1v) is 8.17. The summed E-state index contributed by atoms with van der Waals surface area (Å²) in [4.78, 5) is 19.7. The molecule has 1 saturated carbocycles. The number of aromatic nitrogens is 2. The Hall–Kier alpha value is -1.53. The van der Waals surface area contributed by atoms with Crippen LogP contribution in [0.1, 0.15) is 26.2 Å². The fraction of sp³-hybridized carbons (Fsp3) is 0.467. The van der Waals surface area contributed by atoms with Crippen LogP contribution in [0.2, 0.25) is 0 Å². The zero-order valence-electron chi connectivity index (χ0n) is 12.1. The number of likely N-dealkylation sites (N-methyl/N-ethyl adjacent to an activating group) is 1. The molecule has 112 valence electrons. The summed E-state index contributed by atoms with van der Waals surface area (Å²) in [6.45, 7) is 2.76. The number of H-pyrrole nitrogens is 1. The number of rotatable bonds is 5. The summed E-state index contributed by atoms with van der Waals surface area (Å²) >= 11 is 1.71. The largest absolute Gasteiger partial charge is 0.368 e. The van der Waals surface area contributed by atoms with Crippen LogP contribution in [0.3, 0.4) is 0 Å². The van der Waals surface area contributed by atoms with Crippen molar-refractivity contribution >= 4 is 28.7 Å². The highest BCUT2D eigenvalue weighted by atomic mass is 32.2. The Morgan fingerprint density at radius 2 is 2.38 bits per heavy atom. The molecule has 1 heterocycles. The van der Waals surface area contributed by atoms with Gasteiger partial charge in [-0.15, -0.1) is 0 Å². The number of nitrogens with zero attached hydrogens (tertiary/aromatic N) is 1. The zero-order chi connectivity index (χ0) is 14.9. The average Bonchev–Trinajstić information content (AvgIpc) is 3.04. The number of fused-ring (bicyclic) bond motifs is 1. The molecule has 1 fully saturated rings. The molecule has 21 heavy (non-hydrogen) atoms. The number of hydrogen-bond donors (Lipinski definition) is 3. The highest BCUT2D eigenvalue weighted by Crippen LogP contribution is 2.39. The van der Waals surface area contributed by atoms with Crippen molar-refractivity contribution in [3.63, 3.8) is 0 Å². The Balaban J connectivity index is 1.73. The number of thioether (sulfide) groups is 1. The topological polar surface area (TPSA) is 83.8 Å². The average molecular weight is 304 g/mol. The minimum atomic E-state index is -0.543. The number of benzene rings is 1. The molecular formula is C15H20N4OS. The molecular weight excluding hydrogens is 284 g/mol. The van der Waals surface area contributed by atoms with Crippen LogP contribution >= 0.6 is 11.8 Å². The van der Waals surface area contributed by atoms with E-state index in [1.54, 1.807) is 11.8 Å². The molecule has 1 aromatic carbocycles. The summed E-state index contributed by atoms with van der Waals surface area (Å²) < 4.78 is 0. The smallest absolute Gasteiger partial charge is 0.237 e. The number of amides is 1. The molecule has 0 spiro atoms. The molecule has 6 heteroatoms. The first-order chi connectivity index (χ1) is 10.1. The van der Waals surface area contributed by atoms with Gasteiger partial charge in [0.05, 0.1) is 16.6 Å². The van der Waals surface area contributed by atoms with Crippen molar-refractivity contribution < 1.29 is 4.79 Å². The second-order valence-corrected chi connectivity index (χ2v) is 6.81. The van der Waals surface area contributed by atoms with Crippen LogP contribution in [0.5, 0.6) is 0 Å². The predicted octanol–water partition coefficient (Wildman–Crippen LogP) is 2.04. The van der Waals surface area contributed by atoms with Crippen LogP contribution in [0, 0.1) is 0 Å². The fourth-order valence-electron chi connectivity index (χ4n) is 3.05. The number of hydrogen-bond acceptors (Lipinski definition) is 4. The molecule has 3 rings (SSSR count). The van der Waals surface area contributed by atoms with Gasteiger partial charge < -0.3 is 16.0 Å². The molecule has 0 saturated heterocycles. The second-order valence-electron chi connectivity index (χ2n) is 5.52. The third-order valence-electron chi connectivity index (χ3n) is 4.10. The van der Waals surface area contributed by atoms with Gasteiger partial charge >= 0.3 is 0 Å². The SMILES string of the molecule is CCNC1(C(N)=O)CCC(Sc2nc3ccccc3[nH]2)C1. The predicted molar refractivity (Wildman–Crippen MR) is 85.2 cm³/mol. The van der Waals surface area contributed by atoms with E-state index < -0.39 is 5.54 Å². The van der Waals surface area contributed by atoms with Gasteiger partial charge in [0, 0.05) is 5.25 Å². The van der Waals surface area contributed by atoms with Crippen LogP contribution < -0.4 is 11.1 Å². The molecule has 0 radical (unpaired) electrons. The maximum atomic E-state index is 11.8. The van der Waals surface area contributed by atoms with Crippen LogP contribution in [-0.2, 0) is 4.79 Å². The van der Waals surface area contributed by atoms with Gasteiger partial charge in [0.25, 0.3) is 0 Å². The normalized spacial score (nSPS) is 25.5. The van der Waals surface area contributed by atoms with Gasteiger partial charge in [0.1, 0.15) is 0 Å². The third kappa shape index (κ3) is 2.78. The van der Waals surface area contributed by atoms with E-state index >= 15 is 0 Å². The summed E-state index contributed by atoms with van der Waals surface area (Å²) in [7, 11) is 0. The molecule has 1 aromatic heterocycles. The van der Waals surface area contributed by atoms with Gasteiger partial charge in [-0.1, -0.05) is 30.8 Å². The van der Waals surface area contributed by atoms with Gasteiger partial charge in [-0.2, -0.15) is 0 Å². The number of carbonyl (C=O) groups is 1. The van der Waals surface area contributed by atoms with Gasteiger partial charge in [0.15, 0.2) is 5.16 Å². The van der Waals surface area contributed by atoms with Crippen LogP contribution in [0.25, 0.3) is 11.0 Å². The van der Waals surface area contributed by atoms with Crippen molar-refractivity contribution in [2.45, 2.75) is 42.1 Å². The van der Waals surface area contributed by atoms with Crippen LogP contribution in [-0.4, -0.2) is 33.2 Å². The monoisotopic (exact) mass is 304 g/mol. The van der Waals surface area contributed by atoms with E-state index in [1.807, 2.05) is 31.2 Å². The number of para-hydroxylation sites is 2. The lowest BCUT2D eigenvalue weighted by atomic mass is 9.97. The van der Waals surface area contributed by atoms with E-state index in [0.29, 0.717) is 5.25 Å². The van der Waals surface area contributed by atoms with Crippen molar-refractivity contribution in [3.05, 3.63) is 24.3 Å². The Morgan fingerprint density at radius 3 is 3.10 bits per heavy atom. The zero-order valence-corrected chi connectivity index (χ0v) is 12.9. The number of carbonyl (C=O) groups excluding carboxylic acids is 1. The minimum Gasteiger partial charge on any atom is -0.368 e. The van der Waals surface area contributed by atoms with E-state index in [2.05, 4.69) is 15.3 Å². The fourth-order valence-corrected chi connectivity index (χ4v) is 4.29. The first kappa shape index (κ1) is 14.4. The standard InChI is InChI=1S/C15H20N4OS/c1-2-17-15(13(16)20)8-7-10(9-15)21-14-18-11-5-3-4-6-12(11)19-14/h3-6,10,17H,2,7-9H2,1H3,(H2,16,20)(H,18,19). The molecule has 0 aliphatic heterocycles. The minimum absolute atomic E-state index is 0.239. The lowest BCUT2D eigenvalue weighted by Gasteiger charge is -2.26. The maximum absolute atomic E-state index is 11.8. The quantitative estimate of drug-likeness (QED) is 0.789. The Bertz CT molecular complexity index is 623. The number of nitrogens with two attached hydrogens (primary N) is 1. The first-order valence-electron chi connectivity index (χ1n) is 7.29. The second kappa shape index (κ2) is 5.69. The van der Waals surface area contributed by atoms with Crippen molar-refractivity contribution in [1.82, 2.24) is 15.3 Å². The van der Waals surface area contributed by atoms with Gasteiger partial charge in [-0.05, 0) is 37.9 Å². The molecule has 5 nitrogen and oxygen atoms in total. The van der Waals surface area contributed by atoms with E-state index in [4.69, 9.17) is 5.73 Å². The third-order valence-corrected chi connectivity index (χ3v) is 5.25. The van der Waals surface area contributed by atoms with Crippen molar-refractivity contribution in [2.24, 2.45) is 5.73 Å². The summed E-state index contributed by atoms with van der Waals surface area (Å²) in [5.74, 6) is -0.239. The highest BCUT2D eigenvalue weighted by Gasteiger charge is 2.43.